The lowest BCUT2D eigenvalue weighted by Gasteiger charge is -2.22. The second kappa shape index (κ2) is 5.75. The third kappa shape index (κ3) is 2.81. The fourth-order valence-electron chi connectivity index (χ4n) is 1.77. The summed E-state index contributed by atoms with van der Waals surface area (Å²) in [5.74, 6) is 0. The van der Waals surface area contributed by atoms with Gasteiger partial charge in [-0.25, -0.2) is 4.98 Å². The van der Waals surface area contributed by atoms with Crippen LogP contribution >= 0.6 is 0 Å². The molecule has 0 N–H and O–H groups in total. The molecule has 0 saturated carbocycles. The van der Waals surface area contributed by atoms with Crippen LogP contribution in [0.2, 0.25) is 0 Å². The Balaban J connectivity index is 2.44. The van der Waals surface area contributed by atoms with Crippen molar-refractivity contribution in [2.75, 3.05) is 10.8 Å². The number of imidazole rings is 1. The quantitative estimate of drug-likeness (QED) is 0.836. The summed E-state index contributed by atoms with van der Waals surface area (Å²) in [5, 5.41) is 8.69. The maximum absolute atomic E-state index is 12.6. The van der Waals surface area contributed by atoms with Crippen molar-refractivity contribution >= 4 is 15.7 Å². The van der Waals surface area contributed by atoms with E-state index in [1.54, 1.807) is 41.9 Å². The van der Waals surface area contributed by atoms with Crippen LogP contribution in [0.15, 0.2) is 47.9 Å². The van der Waals surface area contributed by atoms with Crippen molar-refractivity contribution in [3.63, 3.8) is 0 Å². The maximum atomic E-state index is 12.6. The van der Waals surface area contributed by atoms with E-state index in [2.05, 4.69) is 4.98 Å². The van der Waals surface area contributed by atoms with E-state index < -0.39 is 10.0 Å². The maximum Gasteiger partial charge on any atom is 0.283 e. The zero-order valence-corrected chi connectivity index (χ0v) is 11.8. The zero-order chi connectivity index (χ0) is 14.6. The Morgan fingerprint density at radius 2 is 2.05 bits per heavy atom. The van der Waals surface area contributed by atoms with Gasteiger partial charge in [0.15, 0.2) is 5.03 Å². The molecule has 0 fully saturated rings. The molecule has 1 heterocycles. The zero-order valence-electron chi connectivity index (χ0n) is 11.0. The summed E-state index contributed by atoms with van der Waals surface area (Å²) in [7, 11) is -2.05. The van der Waals surface area contributed by atoms with Crippen molar-refractivity contribution in [1.29, 1.82) is 5.26 Å². The van der Waals surface area contributed by atoms with Crippen molar-refractivity contribution in [3.8, 4) is 6.07 Å². The number of hydrogen-bond donors (Lipinski definition) is 0. The fourth-order valence-corrected chi connectivity index (χ4v) is 3.21. The lowest BCUT2D eigenvalue weighted by atomic mass is 10.3. The van der Waals surface area contributed by atoms with Crippen LogP contribution < -0.4 is 4.31 Å². The second-order valence-electron chi connectivity index (χ2n) is 4.20. The fraction of sp³-hybridized carbons (Fsp3) is 0.231. The molecule has 0 radical (unpaired) electrons. The van der Waals surface area contributed by atoms with Gasteiger partial charge in [-0.2, -0.15) is 13.7 Å². The standard InChI is InChI=1S/C13H14N4O2S/c1-16-10-13(15-11-16)20(18,19)17(9-5-8-14)12-6-3-2-4-7-12/h2-4,6-7,10-11H,5,9H2,1H3. The Hall–Kier alpha value is -2.33. The minimum atomic E-state index is -3.76. The smallest absolute Gasteiger partial charge is 0.283 e. The van der Waals surface area contributed by atoms with Crippen molar-refractivity contribution < 1.29 is 8.42 Å². The first kappa shape index (κ1) is 14.1. The van der Waals surface area contributed by atoms with Crippen molar-refractivity contribution in [1.82, 2.24) is 9.55 Å². The minimum Gasteiger partial charge on any atom is -0.339 e. The van der Waals surface area contributed by atoms with E-state index >= 15 is 0 Å². The molecule has 0 unspecified atom stereocenters. The highest BCUT2D eigenvalue weighted by Crippen LogP contribution is 2.22. The Morgan fingerprint density at radius 3 is 2.60 bits per heavy atom. The minimum absolute atomic E-state index is 0.0261. The average molecular weight is 290 g/mol. The number of aromatic nitrogens is 2. The van der Waals surface area contributed by atoms with Gasteiger partial charge in [-0.05, 0) is 12.1 Å². The van der Waals surface area contributed by atoms with E-state index in [1.807, 2.05) is 6.07 Å². The highest BCUT2D eigenvalue weighted by atomic mass is 32.2. The summed E-state index contributed by atoms with van der Waals surface area (Å²) in [6.07, 6.45) is 2.99. The number of nitriles is 1. The molecule has 1 aromatic carbocycles. The van der Waals surface area contributed by atoms with Crippen LogP contribution in [-0.2, 0) is 17.1 Å². The molecule has 20 heavy (non-hydrogen) atoms. The molecule has 0 aliphatic heterocycles. The molecule has 0 spiro atoms. The van der Waals surface area contributed by atoms with Gasteiger partial charge in [-0.3, -0.25) is 4.31 Å². The van der Waals surface area contributed by atoms with Crippen LogP contribution in [0.5, 0.6) is 0 Å². The topological polar surface area (TPSA) is 79.0 Å². The van der Waals surface area contributed by atoms with Gasteiger partial charge >= 0.3 is 0 Å². The van der Waals surface area contributed by atoms with E-state index in [1.165, 1.54) is 16.8 Å². The third-order valence-electron chi connectivity index (χ3n) is 2.71. The largest absolute Gasteiger partial charge is 0.339 e. The Bertz CT molecular complexity index is 716. The molecule has 0 aliphatic carbocycles. The van der Waals surface area contributed by atoms with Crippen LogP contribution in [0.3, 0.4) is 0 Å². The van der Waals surface area contributed by atoms with Gasteiger partial charge in [0.05, 0.1) is 24.5 Å². The number of benzene rings is 1. The lowest BCUT2D eigenvalue weighted by molar-refractivity contribution is 0.587. The Labute approximate surface area is 118 Å². The Morgan fingerprint density at radius 1 is 1.35 bits per heavy atom. The first-order valence-corrected chi connectivity index (χ1v) is 7.42. The third-order valence-corrected chi connectivity index (χ3v) is 4.42. The van der Waals surface area contributed by atoms with Crippen LogP contribution in [0, 0.1) is 11.3 Å². The molecular weight excluding hydrogens is 276 g/mol. The van der Waals surface area contributed by atoms with Gasteiger partial charge < -0.3 is 4.57 Å². The van der Waals surface area contributed by atoms with Crippen LogP contribution in [0.1, 0.15) is 6.42 Å². The molecule has 2 aromatic rings. The summed E-state index contributed by atoms with van der Waals surface area (Å²) >= 11 is 0. The van der Waals surface area contributed by atoms with Gasteiger partial charge in [0, 0.05) is 19.8 Å². The molecule has 0 amide bonds. The molecule has 2 rings (SSSR count). The average Bonchev–Trinajstić information content (AvgIpc) is 2.88. The second-order valence-corrected chi connectivity index (χ2v) is 6.01. The van der Waals surface area contributed by atoms with Crippen LogP contribution in [0.25, 0.3) is 0 Å². The number of anilines is 1. The van der Waals surface area contributed by atoms with Crippen LogP contribution in [-0.4, -0.2) is 24.5 Å². The van der Waals surface area contributed by atoms with Crippen LogP contribution in [0.4, 0.5) is 5.69 Å². The molecule has 6 nitrogen and oxygen atoms in total. The Kier molecular flexibility index (Phi) is 4.05. The van der Waals surface area contributed by atoms with E-state index in [-0.39, 0.29) is 18.0 Å². The summed E-state index contributed by atoms with van der Waals surface area (Å²) in [6, 6.07) is 10.7. The number of aryl methyl sites for hydroxylation is 1. The lowest BCUT2D eigenvalue weighted by Crippen LogP contribution is -2.32. The number of hydrogen-bond acceptors (Lipinski definition) is 4. The molecule has 1 aromatic heterocycles. The molecule has 7 heteroatoms. The van der Waals surface area contributed by atoms with Crippen molar-refractivity contribution in [3.05, 3.63) is 42.9 Å². The summed E-state index contributed by atoms with van der Waals surface area (Å²) in [4.78, 5) is 3.89. The monoisotopic (exact) mass is 290 g/mol. The number of rotatable bonds is 5. The van der Waals surface area contributed by atoms with Gasteiger partial charge in [-0.15, -0.1) is 0 Å². The molecule has 0 aliphatic rings. The van der Waals surface area contributed by atoms with Gasteiger partial charge in [0.1, 0.15) is 0 Å². The van der Waals surface area contributed by atoms with E-state index in [4.69, 9.17) is 5.26 Å². The highest BCUT2D eigenvalue weighted by Gasteiger charge is 2.26. The SMILES string of the molecule is Cn1cnc(S(=O)(=O)N(CCC#N)c2ccccc2)c1. The summed E-state index contributed by atoms with van der Waals surface area (Å²) in [6.45, 7) is 0.0966. The molecular formula is C13H14N4O2S. The highest BCUT2D eigenvalue weighted by molar-refractivity contribution is 7.92. The summed E-state index contributed by atoms with van der Waals surface area (Å²) in [5.41, 5.74) is 0.522. The molecule has 0 saturated heterocycles. The predicted molar refractivity (Wildman–Crippen MR) is 74.4 cm³/mol. The van der Waals surface area contributed by atoms with Gasteiger partial charge in [0.25, 0.3) is 10.0 Å². The first-order valence-electron chi connectivity index (χ1n) is 5.98. The molecule has 0 bridgehead atoms. The summed E-state index contributed by atoms with van der Waals surface area (Å²) < 4.78 is 28.0. The van der Waals surface area contributed by atoms with Gasteiger partial charge in [0.2, 0.25) is 0 Å². The van der Waals surface area contributed by atoms with Crippen molar-refractivity contribution in [2.24, 2.45) is 7.05 Å². The number of sulfonamides is 1. The normalized spacial score (nSPS) is 11.0. The molecule has 104 valence electrons. The van der Waals surface area contributed by atoms with E-state index in [0.717, 1.165) is 0 Å². The number of para-hydroxylation sites is 1. The first-order chi connectivity index (χ1) is 9.55. The van der Waals surface area contributed by atoms with Gasteiger partial charge in [-0.1, -0.05) is 18.2 Å². The van der Waals surface area contributed by atoms with E-state index in [0.29, 0.717) is 5.69 Å². The van der Waals surface area contributed by atoms with E-state index in [9.17, 15) is 8.42 Å². The number of nitrogens with zero attached hydrogens (tertiary/aromatic N) is 4. The predicted octanol–water partition coefficient (Wildman–Crippen LogP) is 1.53. The van der Waals surface area contributed by atoms with Crippen molar-refractivity contribution in [2.45, 2.75) is 11.4 Å². The molecule has 0 atom stereocenters.